The Morgan fingerprint density at radius 3 is 2.55 bits per heavy atom. The number of fused-ring (bicyclic) bond motifs is 1. The van der Waals surface area contributed by atoms with Crippen LogP contribution in [0.15, 0.2) is 23.2 Å². The van der Waals surface area contributed by atoms with Crippen LogP contribution < -0.4 is 10.1 Å². The van der Waals surface area contributed by atoms with Crippen LogP contribution in [0.2, 0.25) is 0 Å². The number of rotatable bonds is 7. The van der Waals surface area contributed by atoms with E-state index >= 15 is 0 Å². The van der Waals surface area contributed by atoms with Gasteiger partial charge >= 0.3 is 5.97 Å². The van der Waals surface area contributed by atoms with Crippen LogP contribution in [0.1, 0.15) is 68.2 Å². The molecule has 0 radical (unpaired) electrons. The summed E-state index contributed by atoms with van der Waals surface area (Å²) in [6.07, 6.45) is 7.56. The SMILES string of the molecule is CC(C)(CNC(=O)c1nc(C2C=N2)c2cc(OC3CCCCC3)ccc2c1O)C(=O)O. The Bertz CT molecular complexity index is 1050. The van der Waals surface area contributed by atoms with E-state index in [1.807, 2.05) is 6.07 Å². The first-order valence-electron chi connectivity index (χ1n) is 10.6. The van der Waals surface area contributed by atoms with Crippen molar-refractivity contribution in [2.24, 2.45) is 10.4 Å². The standard InChI is InChI=1S/C23H27N3O5/c1-23(2,22(29)30)12-25-21(28)19-20(27)15-9-8-14(31-13-6-4-3-5-7-13)10-16(15)18(26-19)17-11-24-17/h8-11,13,17,27H,3-7,12H2,1-2H3,(H,25,28)(H,29,30). The highest BCUT2D eigenvalue weighted by Crippen LogP contribution is 2.38. The van der Waals surface area contributed by atoms with Crippen molar-refractivity contribution in [2.75, 3.05) is 6.54 Å². The highest BCUT2D eigenvalue weighted by Gasteiger charge is 2.30. The van der Waals surface area contributed by atoms with Crippen molar-refractivity contribution in [1.29, 1.82) is 0 Å². The number of benzene rings is 1. The maximum atomic E-state index is 12.7. The lowest BCUT2D eigenvalue weighted by atomic mass is 9.94. The van der Waals surface area contributed by atoms with E-state index in [1.54, 1.807) is 18.3 Å². The second-order valence-electron chi connectivity index (χ2n) is 8.89. The van der Waals surface area contributed by atoms with E-state index < -0.39 is 17.3 Å². The Morgan fingerprint density at radius 2 is 1.90 bits per heavy atom. The summed E-state index contributed by atoms with van der Waals surface area (Å²) in [6, 6.07) is 5.13. The fourth-order valence-electron chi connectivity index (χ4n) is 3.78. The molecule has 1 amide bonds. The van der Waals surface area contributed by atoms with Crippen LogP contribution in [0.3, 0.4) is 0 Å². The molecular weight excluding hydrogens is 398 g/mol. The smallest absolute Gasteiger partial charge is 0.310 e. The first-order valence-corrected chi connectivity index (χ1v) is 10.6. The number of carboxylic acid groups (broad SMARTS) is 1. The Hall–Kier alpha value is -3.16. The summed E-state index contributed by atoms with van der Waals surface area (Å²) in [7, 11) is 0. The quantitative estimate of drug-likeness (QED) is 0.623. The minimum Gasteiger partial charge on any atom is -0.505 e. The van der Waals surface area contributed by atoms with Gasteiger partial charge in [-0.3, -0.25) is 14.6 Å². The zero-order valence-corrected chi connectivity index (χ0v) is 17.7. The van der Waals surface area contributed by atoms with Crippen molar-refractivity contribution in [3.05, 3.63) is 29.6 Å². The number of aromatic hydroxyl groups is 1. The van der Waals surface area contributed by atoms with Crippen molar-refractivity contribution in [3.8, 4) is 11.5 Å². The van der Waals surface area contributed by atoms with Gasteiger partial charge in [-0.25, -0.2) is 4.98 Å². The van der Waals surface area contributed by atoms with Crippen molar-refractivity contribution < 1.29 is 24.5 Å². The summed E-state index contributed by atoms with van der Waals surface area (Å²) in [4.78, 5) is 32.6. The third kappa shape index (κ3) is 4.47. The molecule has 3 N–H and O–H groups in total. The number of nitrogens with one attached hydrogen (secondary N) is 1. The van der Waals surface area contributed by atoms with Gasteiger partial charge in [-0.2, -0.15) is 0 Å². The van der Waals surface area contributed by atoms with Crippen molar-refractivity contribution >= 4 is 28.9 Å². The van der Waals surface area contributed by atoms with Gasteiger partial charge in [0.1, 0.15) is 11.8 Å². The Morgan fingerprint density at radius 1 is 1.19 bits per heavy atom. The van der Waals surface area contributed by atoms with Gasteiger partial charge in [0.15, 0.2) is 11.4 Å². The molecule has 0 spiro atoms. The number of aromatic nitrogens is 1. The van der Waals surface area contributed by atoms with Crippen LogP contribution in [-0.4, -0.2) is 45.9 Å². The van der Waals surface area contributed by atoms with Crippen LogP contribution in [0.4, 0.5) is 0 Å². The second-order valence-corrected chi connectivity index (χ2v) is 8.89. The molecule has 1 saturated carbocycles. The van der Waals surface area contributed by atoms with E-state index in [-0.39, 0.29) is 30.1 Å². The lowest BCUT2D eigenvalue weighted by molar-refractivity contribution is -0.146. The lowest BCUT2D eigenvalue weighted by Gasteiger charge is -2.23. The molecule has 2 heterocycles. The largest absolute Gasteiger partial charge is 0.505 e. The molecule has 1 unspecified atom stereocenters. The molecule has 1 aliphatic carbocycles. The summed E-state index contributed by atoms with van der Waals surface area (Å²) >= 11 is 0. The number of pyridine rings is 1. The molecule has 8 nitrogen and oxygen atoms in total. The Labute approximate surface area is 180 Å². The number of carboxylic acids is 1. The zero-order valence-electron chi connectivity index (χ0n) is 17.7. The zero-order chi connectivity index (χ0) is 22.2. The summed E-state index contributed by atoms with van der Waals surface area (Å²) in [5, 5.41) is 23.8. The van der Waals surface area contributed by atoms with Gasteiger partial charge in [-0.05, 0) is 57.7 Å². The van der Waals surface area contributed by atoms with E-state index in [0.717, 1.165) is 12.8 Å². The number of carbonyl (C=O) groups is 2. The average molecular weight is 425 g/mol. The van der Waals surface area contributed by atoms with Gasteiger partial charge < -0.3 is 20.3 Å². The fraction of sp³-hybridized carbons (Fsp3) is 0.478. The van der Waals surface area contributed by atoms with Crippen molar-refractivity contribution in [1.82, 2.24) is 10.3 Å². The van der Waals surface area contributed by atoms with Crippen molar-refractivity contribution in [2.45, 2.75) is 58.1 Å². The molecule has 1 aliphatic heterocycles. The van der Waals surface area contributed by atoms with E-state index in [2.05, 4.69) is 15.3 Å². The number of hydrogen-bond donors (Lipinski definition) is 3. The Kier molecular flexibility index (Phi) is 5.56. The fourth-order valence-corrected chi connectivity index (χ4v) is 3.78. The third-order valence-corrected chi connectivity index (χ3v) is 5.90. The molecule has 1 aromatic carbocycles. The molecule has 1 aromatic heterocycles. The van der Waals surface area contributed by atoms with Crippen LogP contribution >= 0.6 is 0 Å². The highest BCUT2D eigenvalue weighted by molar-refractivity contribution is 6.04. The number of amides is 1. The van der Waals surface area contributed by atoms with Crippen LogP contribution in [0.25, 0.3) is 10.8 Å². The summed E-state index contributed by atoms with van der Waals surface area (Å²) in [5.41, 5.74) is -0.708. The number of aliphatic imine (C=N–C) groups is 1. The average Bonchev–Trinajstić information content (AvgIpc) is 3.58. The van der Waals surface area contributed by atoms with Gasteiger partial charge in [0.25, 0.3) is 5.91 Å². The summed E-state index contributed by atoms with van der Waals surface area (Å²) in [6.45, 7) is 2.94. The number of carbonyl (C=O) groups excluding carboxylic acids is 1. The molecule has 8 heteroatoms. The third-order valence-electron chi connectivity index (χ3n) is 5.90. The molecule has 2 aliphatic rings. The maximum Gasteiger partial charge on any atom is 0.310 e. The number of hydrogen-bond acceptors (Lipinski definition) is 6. The minimum atomic E-state index is -1.14. The van der Waals surface area contributed by atoms with Crippen LogP contribution in [0.5, 0.6) is 11.5 Å². The first kappa shape index (κ1) is 21.1. The van der Waals surface area contributed by atoms with Gasteiger partial charge in [0, 0.05) is 23.5 Å². The van der Waals surface area contributed by atoms with E-state index in [9.17, 15) is 19.8 Å². The lowest BCUT2D eigenvalue weighted by Crippen LogP contribution is -2.39. The molecular formula is C23H27N3O5. The highest BCUT2D eigenvalue weighted by atomic mass is 16.5. The van der Waals surface area contributed by atoms with Crippen LogP contribution in [-0.2, 0) is 4.79 Å². The number of nitrogens with zero attached hydrogens (tertiary/aromatic N) is 2. The Balaban J connectivity index is 1.63. The normalized spacial score (nSPS) is 18.7. The predicted octanol–water partition coefficient (Wildman–Crippen LogP) is 3.62. The predicted molar refractivity (Wildman–Crippen MR) is 116 cm³/mol. The van der Waals surface area contributed by atoms with Gasteiger partial charge in [-0.1, -0.05) is 6.42 Å². The molecule has 164 valence electrons. The van der Waals surface area contributed by atoms with Gasteiger partial charge in [0.2, 0.25) is 0 Å². The van der Waals surface area contributed by atoms with Gasteiger partial charge in [-0.15, -0.1) is 0 Å². The number of ether oxygens (including phenoxy) is 1. The first-order chi connectivity index (χ1) is 14.8. The minimum absolute atomic E-state index is 0.0935. The number of aliphatic carboxylic acids is 1. The van der Waals surface area contributed by atoms with Crippen LogP contribution in [0, 0.1) is 5.41 Å². The van der Waals surface area contributed by atoms with E-state index in [4.69, 9.17) is 4.74 Å². The molecule has 0 saturated heterocycles. The molecule has 0 bridgehead atoms. The van der Waals surface area contributed by atoms with E-state index in [1.165, 1.54) is 33.1 Å². The summed E-state index contributed by atoms with van der Waals surface area (Å²) in [5.74, 6) is -1.18. The molecule has 31 heavy (non-hydrogen) atoms. The topological polar surface area (TPSA) is 121 Å². The molecule has 1 atom stereocenters. The molecule has 4 rings (SSSR count). The van der Waals surface area contributed by atoms with Crippen molar-refractivity contribution in [3.63, 3.8) is 0 Å². The van der Waals surface area contributed by atoms with Gasteiger partial charge in [0.05, 0.1) is 17.2 Å². The summed E-state index contributed by atoms with van der Waals surface area (Å²) < 4.78 is 6.15. The monoisotopic (exact) mass is 425 g/mol. The van der Waals surface area contributed by atoms with E-state index in [0.29, 0.717) is 22.2 Å². The maximum absolute atomic E-state index is 12.7. The molecule has 1 fully saturated rings. The molecule has 2 aromatic rings. The second kappa shape index (κ2) is 8.17.